The summed E-state index contributed by atoms with van der Waals surface area (Å²) in [6.45, 7) is 1.88. The molecular weight excluding hydrogens is 386 g/mol. The van der Waals surface area contributed by atoms with Crippen molar-refractivity contribution in [3.05, 3.63) is 84.4 Å². The second kappa shape index (κ2) is 7.14. The van der Waals surface area contributed by atoms with E-state index in [9.17, 15) is 18.6 Å². The molecule has 3 N–H and O–H groups in total. The van der Waals surface area contributed by atoms with E-state index in [-0.39, 0.29) is 22.1 Å². The van der Waals surface area contributed by atoms with Gasteiger partial charge < -0.3 is 10.2 Å². The number of aromatic hydroxyl groups is 2. The lowest BCUT2D eigenvalue weighted by atomic mass is 9.96. The van der Waals surface area contributed by atoms with Crippen LogP contribution in [0.2, 0.25) is 0 Å². The van der Waals surface area contributed by atoms with Crippen molar-refractivity contribution in [2.24, 2.45) is 0 Å². The molecule has 0 heterocycles. The van der Waals surface area contributed by atoms with Gasteiger partial charge in [-0.3, -0.25) is 4.72 Å². The molecule has 0 aliphatic carbocycles. The zero-order valence-electron chi connectivity index (χ0n) is 15.6. The summed E-state index contributed by atoms with van der Waals surface area (Å²) in [6, 6.07) is 21.7. The molecule has 5 nitrogen and oxygen atoms in total. The fourth-order valence-corrected chi connectivity index (χ4v) is 4.32. The Morgan fingerprint density at radius 2 is 1.48 bits per heavy atom. The van der Waals surface area contributed by atoms with Gasteiger partial charge in [-0.05, 0) is 54.1 Å². The van der Waals surface area contributed by atoms with Gasteiger partial charge in [-0.1, -0.05) is 48.0 Å². The summed E-state index contributed by atoms with van der Waals surface area (Å²) in [5.41, 5.74) is 2.02. The third kappa shape index (κ3) is 3.62. The lowest BCUT2D eigenvalue weighted by molar-refractivity contribution is 0.470. The topological polar surface area (TPSA) is 86.6 Å². The molecule has 0 atom stereocenters. The maximum Gasteiger partial charge on any atom is 0.261 e. The van der Waals surface area contributed by atoms with Crippen LogP contribution < -0.4 is 4.72 Å². The predicted octanol–water partition coefficient (Wildman–Crippen LogP) is 5.03. The molecule has 4 aromatic rings. The van der Waals surface area contributed by atoms with Crippen molar-refractivity contribution in [1.82, 2.24) is 0 Å². The van der Waals surface area contributed by atoms with Gasteiger partial charge >= 0.3 is 0 Å². The van der Waals surface area contributed by atoms with E-state index in [0.29, 0.717) is 11.1 Å². The summed E-state index contributed by atoms with van der Waals surface area (Å²) in [6.07, 6.45) is 0. The highest BCUT2D eigenvalue weighted by atomic mass is 32.2. The van der Waals surface area contributed by atoms with E-state index >= 15 is 0 Å². The van der Waals surface area contributed by atoms with Crippen molar-refractivity contribution in [2.45, 2.75) is 11.8 Å². The molecule has 0 saturated heterocycles. The smallest absolute Gasteiger partial charge is 0.261 e. The highest BCUT2D eigenvalue weighted by Gasteiger charge is 2.17. The minimum absolute atomic E-state index is 0.00228. The van der Waals surface area contributed by atoms with Crippen LogP contribution in [0, 0.1) is 6.92 Å². The van der Waals surface area contributed by atoms with Gasteiger partial charge in [-0.25, -0.2) is 8.42 Å². The van der Waals surface area contributed by atoms with Crippen LogP contribution in [-0.4, -0.2) is 18.6 Å². The van der Waals surface area contributed by atoms with Gasteiger partial charge in [0, 0.05) is 16.8 Å². The van der Waals surface area contributed by atoms with E-state index in [1.54, 1.807) is 24.3 Å². The standard InChI is InChI=1S/C23H19NO4S/c1-15-6-10-18(11-7-15)29(27,28)24-17-9-13-21(25)20(14-17)23-19-5-3-2-4-16(19)8-12-22(23)26/h2-14,24-26H,1H3. The third-order valence-corrected chi connectivity index (χ3v) is 6.15. The van der Waals surface area contributed by atoms with Crippen LogP contribution in [0.4, 0.5) is 5.69 Å². The molecule has 146 valence electrons. The molecule has 0 bridgehead atoms. The average molecular weight is 405 g/mol. The molecule has 4 aromatic carbocycles. The Morgan fingerprint density at radius 1 is 0.793 bits per heavy atom. The molecule has 0 aromatic heterocycles. The number of benzene rings is 4. The first-order chi connectivity index (χ1) is 13.8. The summed E-state index contributed by atoms with van der Waals surface area (Å²) in [4.78, 5) is 0.144. The first-order valence-corrected chi connectivity index (χ1v) is 10.5. The second-order valence-electron chi connectivity index (χ2n) is 6.83. The zero-order valence-corrected chi connectivity index (χ0v) is 16.4. The van der Waals surface area contributed by atoms with Crippen molar-refractivity contribution in [2.75, 3.05) is 4.72 Å². The van der Waals surface area contributed by atoms with E-state index in [1.807, 2.05) is 31.2 Å². The molecule has 0 amide bonds. The van der Waals surface area contributed by atoms with Gasteiger partial charge in [-0.15, -0.1) is 0 Å². The average Bonchev–Trinajstić information content (AvgIpc) is 2.70. The van der Waals surface area contributed by atoms with E-state index < -0.39 is 10.0 Å². The maximum atomic E-state index is 12.7. The summed E-state index contributed by atoms with van der Waals surface area (Å²) in [5.74, 6) is -0.0625. The summed E-state index contributed by atoms with van der Waals surface area (Å²) < 4.78 is 27.9. The van der Waals surface area contributed by atoms with Gasteiger partial charge in [0.2, 0.25) is 0 Å². The van der Waals surface area contributed by atoms with Gasteiger partial charge in [0.05, 0.1) is 4.90 Å². The molecule has 0 aliphatic heterocycles. The van der Waals surface area contributed by atoms with Crippen LogP contribution in [0.1, 0.15) is 5.56 Å². The van der Waals surface area contributed by atoms with E-state index in [1.165, 1.54) is 30.3 Å². The maximum absolute atomic E-state index is 12.7. The highest BCUT2D eigenvalue weighted by molar-refractivity contribution is 7.92. The Morgan fingerprint density at radius 3 is 2.24 bits per heavy atom. The number of anilines is 1. The van der Waals surface area contributed by atoms with E-state index in [4.69, 9.17) is 0 Å². The second-order valence-corrected chi connectivity index (χ2v) is 8.51. The molecule has 6 heteroatoms. The summed E-state index contributed by atoms with van der Waals surface area (Å²) >= 11 is 0. The molecule has 29 heavy (non-hydrogen) atoms. The van der Waals surface area contributed by atoms with Crippen molar-refractivity contribution in [3.8, 4) is 22.6 Å². The van der Waals surface area contributed by atoms with Gasteiger partial charge in [0.1, 0.15) is 11.5 Å². The summed E-state index contributed by atoms with van der Waals surface area (Å²) in [7, 11) is -3.79. The Kier molecular flexibility index (Phi) is 4.64. The molecule has 0 spiro atoms. The van der Waals surface area contributed by atoms with Gasteiger partial charge in [0.25, 0.3) is 10.0 Å². The predicted molar refractivity (Wildman–Crippen MR) is 115 cm³/mol. The molecule has 0 aliphatic rings. The Bertz CT molecular complexity index is 1310. The molecule has 0 unspecified atom stereocenters. The Labute approximate surface area is 168 Å². The normalized spacial score (nSPS) is 11.5. The molecule has 0 saturated carbocycles. The van der Waals surface area contributed by atoms with Crippen LogP contribution >= 0.6 is 0 Å². The van der Waals surface area contributed by atoms with Crippen molar-refractivity contribution in [1.29, 1.82) is 0 Å². The van der Waals surface area contributed by atoms with Crippen molar-refractivity contribution >= 4 is 26.5 Å². The number of sulfonamides is 1. The minimum atomic E-state index is -3.79. The third-order valence-electron chi connectivity index (χ3n) is 4.76. The number of aryl methyl sites for hydroxylation is 1. The first kappa shape index (κ1) is 18.8. The number of rotatable bonds is 4. The number of phenolic OH excluding ortho intramolecular Hbond substituents is 2. The van der Waals surface area contributed by atoms with Crippen LogP contribution in [0.15, 0.2) is 83.8 Å². The fourth-order valence-electron chi connectivity index (χ4n) is 3.27. The van der Waals surface area contributed by atoms with Crippen LogP contribution in [0.5, 0.6) is 11.5 Å². The Balaban J connectivity index is 1.80. The van der Waals surface area contributed by atoms with Crippen LogP contribution in [-0.2, 0) is 10.0 Å². The molecular formula is C23H19NO4S. The number of hydrogen-bond donors (Lipinski definition) is 3. The summed E-state index contributed by atoms with van der Waals surface area (Å²) in [5, 5.41) is 22.5. The van der Waals surface area contributed by atoms with E-state index in [2.05, 4.69) is 4.72 Å². The van der Waals surface area contributed by atoms with Crippen molar-refractivity contribution < 1.29 is 18.6 Å². The number of fused-ring (bicyclic) bond motifs is 1. The van der Waals surface area contributed by atoms with Gasteiger partial charge in [-0.2, -0.15) is 0 Å². The zero-order chi connectivity index (χ0) is 20.6. The first-order valence-electron chi connectivity index (χ1n) is 8.99. The molecule has 0 fully saturated rings. The Hall–Kier alpha value is -3.51. The lowest BCUT2D eigenvalue weighted by Crippen LogP contribution is -2.12. The van der Waals surface area contributed by atoms with Gasteiger partial charge in [0.15, 0.2) is 0 Å². The quantitative estimate of drug-likeness (QED) is 0.416. The minimum Gasteiger partial charge on any atom is -0.507 e. The SMILES string of the molecule is Cc1ccc(S(=O)(=O)Nc2ccc(O)c(-c3c(O)ccc4ccccc34)c2)cc1. The van der Waals surface area contributed by atoms with Crippen LogP contribution in [0.3, 0.4) is 0 Å². The monoisotopic (exact) mass is 405 g/mol. The molecule has 0 radical (unpaired) electrons. The van der Waals surface area contributed by atoms with Crippen LogP contribution in [0.25, 0.3) is 21.9 Å². The number of nitrogens with one attached hydrogen (secondary N) is 1. The number of hydrogen-bond acceptors (Lipinski definition) is 4. The fraction of sp³-hybridized carbons (Fsp3) is 0.0435. The number of phenols is 2. The van der Waals surface area contributed by atoms with E-state index in [0.717, 1.165) is 16.3 Å². The lowest BCUT2D eigenvalue weighted by Gasteiger charge is -2.14. The largest absolute Gasteiger partial charge is 0.507 e. The van der Waals surface area contributed by atoms with Crippen molar-refractivity contribution in [3.63, 3.8) is 0 Å². The molecule has 4 rings (SSSR count). The highest BCUT2D eigenvalue weighted by Crippen LogP contribution is 2.41.